The quantitative estimate of drug-likeness (QED) is 0.0360. The minimum atomic E-state index is -1.07. The number of rotatable bonds is 34. The van der Waals surface area contributed by atoms with E-state index >= 15 is 0 Å². The second-order valence-corrected chi connectivity index (χ2v) is 18.1. The molecule has 0 radical (unpaired) electrons. The lowest BCUT2D eigenvalue weighted by Crippen LogP contribution is -2.43. The third-order valence-electron chi connectivity index (χ3n) is 11.9. The number of ether oxygens (including phenoxy) is 1. The van der Waals surface area contributed by atoms with E-state index in [1.54, 1.807) is 27.7 Å². The molecule has 1 rings (SSSR count). The van der Waals surface area contributed by atoms with Gasteiger partial charge in [-0.2, -0.15) is 0 Å². The number of ketones is 2. The molecule has 0 aromatic heterocycles. The van der Waals surface area contributed by atoms with E-state index in [1.165, 1.54) is 32.1 Å². The first-order valence-corrected chi connectivity index (χ1v) is 22.9. The maximum absolute atomic E-state index is 14.2. The number of nitrogens with two attached hydrogens (primary N) is 2. The highest BCUT2D eigenvalue weighted by Gasteiger charge is 2.41. The maximum Gasteiger partial charge on any atom is 0.306 e. The van der Waals surface area contributed by atoms with Crippen LogP contribution in [-0.4, -0.2) is 101 Å². The zero-order chi connectivity index (χ0) is 44.3. The summed E-state index contributed by atoms with van der Waals surface area (Å²) in [6.07, 6.45) is 10.2. The van der Waals surface area contributed by atoms with Gasteiger partial charge in [0.15, 0.2) is 0 Å². The van der Waals surface area contributed by atoms with Crippen LogP contribution in [0, 0.1) is 40.4 Å². The van der Waals surface area contributed by atoms with Crippen LogP contribution in [0.1, 0.15) is 145 Å². The number of esters is 1. The highest BCUT2D eigenvalue weighted by molar-refractivity contribution is 5.93. The van der Waals surface area contributed by atoms with E-state index in [0.29, 0.717) is 77.8 Å². The van der Waals surface area contributed by atoms with E-state index in [4.69, 9.17) is 16.2 Å². The topological polar surface area (TPSA) is 224 Å². The molecule has 59 heavy (non-hydrogen) atoms. The molecule has 0 aromatic carbocycles. The van der Waals surface area contributed by atoms with Gasteiger partial charge in [0.2, 0.25) is 17.7 Å². The van der Waals surface area contributed by atoms with E-state index in [-0.39, 0.29) is 67.4 Å². The summed E-state index contributed by atoms with van der Waals surface area (Å²) in [5, 5.41) is 15.0. The number of carbonyl (C=O) groups excluding carboxylic acids is 6. The lowest BCUT2D eigenvalue weighted by Gasteiger charge is -2.33. The Hall–Kier alpha value is -2.94. The monoisotopic (exact) mass is 836 g/mol. The van der Waals surface area contributed by atoms with Crippen LogP contribution in [0.4, 0.5) is 0 Å². The largest absolute Gasteiger partial charge is 0.465 e. The highest BCUT2D eigenvalue weighted by Crippen LogP contribution is 2.37. The predicted octanol–water partition coefficient (Wildman–Crippen LogP) is 4.17. The van der Waals surface area contributed by atoms with Crippen molar-refractivity contribution in [2.75, 3.05) is 65.5 Å². The normalized spacial score (nSPS) is 17.4. The number of amides is 3. The standard InChI is InChI=1S/C45H85N7O7/c1-8-11-13-33-14-16-34(17-15-33)32-59-40(55)29-35(10-3)41(56)45(6,7)31-36(42(57)52-26-24-49-22-19-47)27-38(53)44(4,5)30-37(43(58)51-20-12-9-2)28-39(54)50-25-23-48-21-18-46/h33-37,48-49H,8-32,46-47H2,1-7H3,(H,50,54)(H,51,58)(H,52,57). The maximum atomic E-state index is 14.2. The summed E-state index contributed by atoms with van der Waals surface area (Å²) in [6.45, 7) is 17.9. The van der Waals surface area contributed by atoms with Gasteiger partial charge in [-0.25, -0.2) is 0 Å². The van der Waals surface area contributed by atoms with Crippen molar-refractivity contribution < 1.29 is 33.5 Å². The first-order valence-electron chi connectivity index (χ1n) is 22.9. The number of Topliss-reactive ketones (excluding diaryl/α,β-unsaturated/α-hetero) is 2. The number of nitrogens with one attached hydrogen (secondary N) is 5. The van der Waals surface area contributed by atoms with Crippen LogP contribution in [0.2, 0.25) is 0 Å². The molecule has 14 heteroatoms. The Morgan fingerprint density at radius 2 is 1.14 bits per heavy atom. The Morgan fingerprint density at radius 1 is 0.610 bits per heavy atom. The first kappa shape index (κ1) is 54.1. The molecule has 342 valence electrons. The van der Waals surface area contributed by atoms with Crippen molar-refractivity contribution in [2.24, 2.45) is 51.9 Å². The summed E-state index contributed by atoms with van der Waals surface area (Å²) in [4.78, 5) is 81.7. The van der Waals surface area contributed by atoms with E-state index < -0.39 is 28.6 Å². The van der Waals surface area contributed by atoms with Crippen LogP contribution < -0.4 is 38.1 Å². The van der Waals surface area contributed by atoms with Crippen LogP contribution in [0.3, 0.4) is 0 Å². The van der Waals surface area contributed by atoms with E-state index in [1.807, 2.05) is 13.8 Å². The molecule has 1 saturated carbocycles. The zero-order valence-corrected chi connectivity index (χ0v) is 38.1. The Kier molecular flexibility index (Phi) is 27.6. The van der Waals surface area contributed by atoms with Crippen molar-refractivity contribution in [3.8, 4) is 0 Å². The molecular formula is C45H85N7O7. The van der Waals surface area contributed by atoms with Crippen LogP contribution >= 0.6 is 0 Å². The lowest BCUT2D eigenvalue weighted by atomic mass is 9.70. The van der Waals surface area contributed by atoms with Gasteiger partial charge in [-0.3, -0.25) is 28.8 Å². The molecule has 0 saturated heterocycles. The van der Waals surface area contributed by atoms with Gasteiger partial charge in [0.25, 0.3) is 0 Å². The Bertz CT molecular complexity index is 1250. The summed E-state index contributed by atoms with van der Waals surface area (Å²) in [5.41, 5.74) is 9.00. The number of carbonyl (C=O) groups is 6. The fourth-order valence-corrected chi connectivity index (χ4v) is 8.08. The molecule has 14 nitrogen and oxygen atoms in total. The van der Waals surface area contributed by atoms with Crippen molar-refractivity contribution in [3.05, 3.63) is 0 Å². The smallest absolute Gasteiger partial charge is 0.306 e. The second kappa shape index (κ2) is 30.1. The Morgan fingerprint density at radius 3 is 1.69 bits per heavy atom. The van der Waals surface area contributed by atoms with Crippen LogP contribution in [-0.2, 0) is 33.5 Å². The number of hydrogen-bond donors (Lipinski definition) is 7. The highest BCUT2D eigenvalue weighted by atomic mass is 16.5. The van der Waals surface area contributed by atoms with Gasteiger partial charge < -0.3 is 42.8 Å². The van der Waals surface area contributed by atoms with Gasteiger partial charge >= 0.3 is 5.97 Å². The van der Waals surface area contributed by atoms with Crippen molar-refractivity contribution in [2.45, 2.75) is 145 Å². The molecule has 0 spiro atoms. The van der Waals surface area contributed by atoms with E-state index in [2.05, 4.69) is 33.5 Å². The Labute approximate surface area is 356 Å². The molecule has 1 fully saturated rings. The molecule has 3 amide bonds. The summed E-state index contributed by atoms with van der Waals surface area (Å²) >= 11 is 0. The molecule has 3 atom stereocenters. The van der Waals surface area contributed by atoms with Crippen molar-refractivity contribution in [3.63, 3.8) is 0 Å². The summed E-state index contributed by atoms with van der Waals surface area (Å²) < 4.78 is 5.73. The molecule has 9 N–H and O–H groups in total. The average molecular weight is 836 g/mol. The third-order valence-corrected chi connectivity index (χ3v) is 11.9. The van der Waals surface area contributed by atoms with Gasteiger partial charge in [0.05, 0.1) is 13.0 Å². The molecule has 3 unspecified atom stereocenters. The summed E-state index contributed by atoms with van der Waals surface area (Å²) in [5.74, 6) is -2.79. The van der Waals surface area contributed by atoms with Crippen LogP contribution in [0.25, 0.3) is 0 Å². The average Bonchev–Trinajstić information content (AvgIpc) is 3.20. The molecule has 0 aliphatic heterocycles. The van der Waals surface area contributed by atoms with Gasteiger partial charge in [-0.15, -0.1) is 0 Å². The lowest BCUT2D eigenvalue weighted by molar-refractivity contribution is -0.150. The molecule has 0 aromatic rings. The van der Waals surface area contributed by atoms with Gasteiger partial charge in [-0.1, -0.05) is 87.0 Å². The van der Waals surface area contributed by atoms with Crippen LogP contribution in [0.5, 0.6) is 0 Å². The van der Waals surface area contributed by atoms with Gasteiger partial charge in [0, 0.05) is 100 Å². The number of hydrogen-bond acceptors (Lipinski definition) is 11. The first-order chi connectivity index (χ1) is 28.0. The molecule has 1 aliphatic carbocycles. The molecule has 0 heterocycles. The fourth-order valence-electron chi connectivity index (χ4n) is 8.08. The minimum absolute atomic E-state index is 0.0280. The summed E-state index contributed by atoms with van der Waals surface area (Å²) in [7, 11) is 0. The third kappa shape index (κ3) is 22.5. The molecular weight excluding hydrogens is 751 g/mol. The van der Waals surface area contributed by atoms with Crippen molar-refractivity contribution in [1.29, 1.82) is 0 Å². The SMILES string of the molecule is CCCCNC(=O)C(CC(=O)NCCNCCN)CC(C)(C)C(=O)CC(CC(C)(C)C(=O)C(CC)CC(=O)OCC1CCC(CCCC)CC1)C(=O)NCCNCCN. The number of unbranched alkanes of at least 4 members (excludes halogenated alkanes) is 2. The Balaban J connectivity index is 3.11. The van der Waals surface area contributed by atoms with E-state index in [0.717, 1.165) is 31.6 Å². The fraction of sp³-hybridized carbons (Fsp3) is 0.867. The van der Waals surface area contributed by atoms with Gasteiger partial charge in [0.1, 0.15) is 11.6 Å². The minimum Gasteiger partial charge on any atom is -0.465 e. The van der Waals surface area contributed by atoms with Gasteiger partial charge in [-0.05, 0) is 50.4 Å². The van der Waals surface area contributed by atoms with E-state index in [9.17, 15) is 28.8 Å². The zero-order valence-electron chi connectivity index (χ0n) is 38.1. The van der Waals surface area contributed by atoms with Crippen LogP contribution in [0.15, 0.2) is 0 Å². The van der Waals surface area contributed by atoms with Crippen molar-refractivity contribution >= 4 is 35.3 Å². The second-order valence-electron chi connectivity index (χ2n) is 18.1. The van der Waals surface area contributed by atoms with Crippen molar-refractivity contribution in [1.82, 2.24) is 26.6 Å². The molecule has 1 aliphatic rings. The summed E-state index contributed by atoms with van der Waals surface area (Å²) in [6, 6.07) is 0. The predicted molar refractivity (Wildman–Crippen MR) is 235 cm³/mol. The molecule has 0 bridgehead atoms.